The quantitative estimate of drug-likeness (QED) is 0.347. The minimum absolute atomic E-state index is 0. The maximum atomic E-state index is 5.27. The van der Waals surface area contributed by atoms with Gasteiger partial charge in [0.15, 0.2) is 5.96 Å². The van der Waals surface area contributed by atoms with Crippen molar-refractivity contribution in [2.24, 2.45) is 10.4 Å². The predicted octanol–water partition coefficient (Wildman–Crippen LogP) is 2.46. The van der Waals surface area contributed by atoms with Crippen LogP contribution in [0.2, 0.25) is 0 Å². The molecule has 0 aromatic carbocycles. The Morgan fingerprint density at radius 2 is 2.09 bits per heavy atom. The number of nitrogens with zero attached hydrogens (tertiary/aromatic N) is 2. The maximum Gasteiger partial charge on any atom is 0.191 e. The van der Waals surface area contributed by atoms with Crippen LogP contribution in [0.1, 0.15) is 45.4 Å². The van der Waals surface area contributed by atoms with Gasteiger partial charge in [-0.05, 0) is 58.0 Å². The first-order valence-corrected chi connectivity index (χ1v) is 8.90. The van der Waals surface area contributed by atoms with Gasteiger partial charge in [-0.3, -0.25) is 4.99 Å². The second kappa shape index (κ2) is 10.7. The average molecular weight is 438 g/mol. The third-order valence-corrected chi connectivity index (χ3v) is 5.34. The van der Waals surface area contributed by atoms with Crippen LogP contribution >= 0.6 is 24.0 Å². The molecule has 1 unspecified atom stereocenters. The lowest BCUT2D eigenvalue weighted by atomic mass is 9.67. The molecule has 2 rings (SSSR count). The molecule has 1 atom stereocenters. The van der Waals surface area contributed by atoms with Gasteiger partial charge in [0, 0.05) is 39.4 Å². The van der Waals surface area contributed by atoms with Crippen LogP contribution in [0.4, 0.5) is 0 Å². The minimum atomic E-state index is 0. The van der Waals surface area contributed by atoms with Gasteiger partial charge in [0.25, 0.3) is 0 Å². The monoisotopic (exact) mass is 438 g/mol. The van der Waals surface area contributed by atoms with Gasteiger partial charge in [-0.15, -0.1) is 24.0 Å². The molecule has 2 fully saturated rings. The van der Waals surface area contributed by atoms with Crippen molar-refractivity contribution >= 4 is 29.9 Å². The van der Waals surface area contributed by atoms with Crippen molar-refractivity contribution in [1.82, 2.24) is 15.5 Å². The fourth-order valence-electron chi connectivity index (χ4n) is 3.52. The highest BCUT2D eigenvalue weighted by Gasteiger charge is 2.36. The molecule has 1 aliphatic heterocycles. The highest BCUT2D eigenvalue weighted by atomic mass is 127. The lowest BCUT2D eigenvalue weighted by Gasteiger charge is -2.40. The van der Waals surface area contributed by atoms with Gasteiger partial charge >= 0.3 is 0 Å². The number of guanidine groups is 1. The zero-order chi connectivity index (χ0) is 15.8. The first-order chi connectivity index (χ1) is 10.7. The highest BCUT2D eigenvalue weighted by Crippen LogP contribution is 2.44. The SMILES string of the molecule is CCNC(=NCC1(CCOC)CCC1)NCC1CCCN1C.I. The number of likely N-dealkylation sites (tertiary alicyclic amines) is 1. The number of aliphatic imine (C=N–C) groups is 1. The van der Waals surface area contributed by atoms with Crippen molar-refractivity contribution in [3.05, 3.63) is 0 Å². The minimum Gasteiger partial charge on any atom is -0.385 e. The number of methoxy groups -OCH3 is 1. The largest absolute Gasteiger partial charge is 0.385 e. The van der Waals surface area contributed by atoms with E-state index in [0.29, 0.717) is 11.5 Å². The Morgan fingerprint density at radius 1 is 1.30 bits per heavy atom. The summed E-state index contributed by atoms with van der Waals surface area (Å²) in [7, 11) is 4.01. The van der Waals surface area contributed by atoms with Crippen molar-refractivity contribution in [3.63, 3.8) is 0 Å². The van der Waals surface area contributed by atoms with Crippen molar-refractivity contribution in [3.8, 4) is 0 Å². The van der Waals surface area contributed by atoms with Crippen molar-refractivity contribution in [2.75, 3.05) is 46.9 Å². The first kappa shape index (κ1) is 21.0. The van der Waals surface area contributed by atoms with Gasteiger partial charge in [-0.2, -0.15) is 0 Å². The molecule has 0 radical (unpaired) electrons. The number of ether oxygens (including phenoxy) is 1. The van der Waals surface area contributed by atoms with Crippen molar-refractivity contribution in [2.45, 2.75) is 51.5 Å². The third-order valence-electron chi connectivity index (χ3n) is 5.34. The Kier molecular flexibility index (Phi) is 9.77. The topological polar surface area (TPSA) is 48.9 Å². The number of rotatable bonds is 8. The van der Waals surface area contributed by atoms with E-state index in [2.05, 4.69) is 29.5 Å². The molecule has 6 heteroatoms. The van der Waals surface area contributed by atoms with Crippen LogP contribution in [-0.2, 0) is 4.74 Å². The van der Waals surface area contributed by atoms with E-state index < -0.39 is 0 Å². The summed E-state index contributed by atoms with van der Waals surface area (Å²) < 4.78 is 5.27. The molecule has 0 aromatic heterocycles. The van der Waals surface area contributed by atoms with E-state index in [1.807, 2.05) is 0 Å². The first-order valence-electron chi connectivity index (χ1n) is 8.90. The number of nitrogens with one attached hydrogen (secondary N) is 2. The molecule has 2 N–H and O–H groups in total. The van der Waals surface area contributed by atoms with Crippen LogP contribution in [0.15, 0.2) is 4.99 Å². The Morgan fingerprint density at radius 3 is 2.61 bits per heavy atom. The third kappa shape index (κ3) is 6.38. The fraction of sp³-hybridized carbons (Fsp3) is 0.941. The van der Waals surface area contributed by atoms with Gasteiger partial charge in [0.1, 0.15) is 0 Å². The molecule has 23 heavy (non-hydrogen) atoms. The lowest BCUT2D eigenvalue weighted by Crippen LogP contribution is -2.45. The molecule has 1 heterocycles. The molecule has 1 saturated carbocycles. The molecular formula is C17H35IN4O. The number of hydrogen-bond donors (Lipinski definition) is 2. The van der Waals surface area contributed by atoms with Gasteiger partial charge in [-0.1, -0.05) is 6.42 Å². The summed E-state index contributed by atoms with van der Waals surface area (Å²) in [5, 5.41) is 6.92. The van der Waals surface area contributed by atoms with E-state index >= 15 is 0 Å². The second-order valence-corrected chi connectivity index (χ2v) is 6.95. The fourth-order valence-corrected chi connectivity index (χ4v) is 3.52. The van der Waals surface area contributed by atoms with Crippen LogP contribution in [-0.4, -0.2) is 63.8 Å². The van der Waals surface area contributed by atoms with Crippen molar-refractivity contribution < 1.29 is 4.74 Å². The highest BCUT2D eigenvalue weighted by molar-refractivity contribution is 14.0. The molecule has 5 nitrogen and oxygen atoms in total. The van der Waals surface area contributed by atoms with Gasteiger partial charge in [0.05, 0.1) is 0 Å². The van der Waals surface area contributed by atoms with Gasteiger partial charge in [-0.25, -0.2) is 0 Å². The second-order valence-electron chi connectivity index (χ2n) is 6.95. The van der Waals surface area contributed by atoms with Crippen LogP contribution in [0.25, 0.3) is 0 Å². The van der Waals surface area contributed by atoms with Crippen LogP contribution in [0, 0.1) is 5.41 Å². The maximum absolute atomic E-state index is 5.27. The Labute approximate surface area is 159 Å². The summed E-state index contributed by atoms with van der Waals surface area (Å²) in [6, 6.07) is 0.648. The summed E-state index contributed by atoms with van der Waals surface area (Å²) in [5.74, 6) is 0.978. The summed E-state index contributed by atoms with van der Waals surface area (Å²) in [4.78, 5) is 7.31. The molecular weight excluding hydrogens is 403 g/mol. The standard InChI is InChI=1S/C17H34N4O.HI/c1-4-18-16(19-13-15-7-5-11-21(15)2)20-14-17(8-6-9-17)10-12-22-3;/h15H,4-14H2,1-3H3,(H2,18,19,20);1H. The van der Waals surface area contributed by atoms with E-state index in [0.717, 1.165) is 38.6 Å². The molecule has 1 aliphatic carbocycles. The van der Waals surface area contributed by atoms with Gasteiger partial charge < -0.3 is 20.3 Å². The van der Waals surface area contributed by atoms with Crippen molar-refractivity contribution in [1.29, 1.82) is 0 Å². The molecule has 0 bridgehead atoms. The molecule has 2 aliphatic rings. The predicted molar refractivity (Wildman–Crippen MR) is 108 cm³/mol. The average Bonchev–Trinajstić information content (AvgIpc) is 2.88. The smallest absolute Gasteiger partial charge is 0.191 e. The van der Waals surface area contributed by atoms with E-state index in [1.54, 1.807) is 7.11 Å². The van der Waals surface area contributed by atoms with Gasteiger partial charge in [0.2, 0.25) is 0 Å². The summed E-state index contributed by atoms with van der Waals surface area (Å²) >= 11 is 0. The molecule has 136 valence electrons. The lowest BCUT2D eigenvalue weighted by molar-refractivity contribution is 0.0778. The van der Waals surface area contributed by atoms with E-state index in [4.69, 9.17) is 9.73 Å². The van der Waals surface area contributed by atoms with E-state index in [-0.39, 0.29) is 24.0 Å². The number of hydrogen-bond acceptors (Lipinski definition) is 3. The zero-order valence-corrected chi connectivity index (χ0v) is 17.4. The summed E-state index contributed by atoms with van der Waals surface area (Å²) in [6.45, 7) is 7.03. The number of likely N-dealkylation sites (N-methyl/N-ethyl adjacent to an activating group) is 1. The Bertz CT molecular complexity index is 361. The Hall–Kier alpha value is -0.0800. The molecule has 0 amide bonds. The molecule has 1 saturated heterocycles. The zero-order valence-electron chi connectivity index (χ0n) is 15.1. The van der Waals surface area contributed by atoms with E-state index in [9.17, 15) is 0 Å². The molecule has 0 spiro atoms. The van der Waals surface area contributed by atoms with Crippen LogP contribution in [0.5, 0.6) is 0 Å². The summed E-state index contributed by atoms with van der Waals surface area (Å²) in [5.41, 5.74) is 0.391. The number of halogens is 1. The van der Waals surface area contributed by atoms with E-state index in [1.165, 1.54) is 38.6 Å². The molecule has 0 aromatic rings. The van der Waals surface area contributed by atoms with Crippen LogP contribution in [0.3, 0.4) is 0 Å². The Balaban J connectivity index is 0.00000264. The normalized spacial score (nSPS) is 24.0. The summed E-state index contributed by atoms with van der Waals surface area (Å²) in [6.07, 6.45) is 7.68. The van der Waals surface area contributed by atoms with Crippen LogP contribution < -0.4 is 10.6 Å².